The molecule has 2 aromatic carbocycles. The lowest BCUT2D eigenvalue weighted by Gasteiger charge is -2.40. The van der Waals surface area contributed by atoms with E-state index in [2.05, 4.69) is 17.1 Å². The Morgan fingerprint density at radius 2 is 1.95 bits per heavy atom. The lowest BCUT2D eigenvalue weighted by atomic mass is 9.73. The van der Waals surface area contributed by atoms with E-state index in [1.54, 1.807) is 24.4 Å². The first-order chi connectivity index (χ1) is 18.7. The molecule has 0 radical (unpaired) electrons. The number of halogens is 3. The van der Waals surface area contributed by atoms with Crippen LogP contribution in [0.3, 0.4) is 0 Å². The van der Waals surface area contributed by atoms with Crippen LogP contribution < -0.4 is 5.32 Å². The second-order valence-electron chi connectivity index (χ2n) is 9.49. The van der Waals surface area contributed by atoms with Gasteiger partial charge in [0.2, 0.25) is 0 Å². The molecule has 2 heterocycles. The number of fused-ring (bicyclic) bond motifs is 1. The van der Waals surface area contributed by atoms with Gasteiger partial charge in [-0.2, -0.15) is 0 Å². The lowest BCUT2D eigenvalue weighted by molar-refractivity contribution is -0.131. The Morgan fingerprint density at radius 1 is 1.23 bits per heavy atom. The van der Waals surface area contributed by atoms with Crippen molar-refractivity contribution in [2.45, 2.75) is 31.7 Å². The number of aryl methyl sites for hydroxylation is 1. The van der Waals surface area contributed by atoms with Crippen molar-refractivity contribution in [1.29, 1.82) is 0 Å². The minimum Gasteiger partial charge on any atom is -0.478 e. The van der Waals surface area contributed by atoms with Gasteiger partial charge in [0, 0.05) is 34.8 Å². The van der Waals surface area contributed by atoms with E-state index < -0.39 is 11.5 Å². The summed E-state index contributed by atoms with van der Waals surface area (Å²) in [5, 5.41) is 18.5. The van der Waals surface area contributed by atoms with Crippen molar-refractivity contribution in [1.82, 2.24) is 15.0 Å². The Kier molecular flexibility index (Phi) is 7.44. The van der Waals surface area contributed by atoms with Gasteiger partial charge >= 0.3 is 5.97 Å². The number of benzene rings is 2. The second-order valence-corrected chi connectivity index (χ2v) is 10.7. The number of aromatic nitrogens is 2. The first-order valence-electron chi connectivity index (χ1n) is 12.2. The number of carboxylic acid groups (broad SMARTS) is 1. The number of rotatable bonds is 8. The molecule has 4 aromatic rings. The highest BCUT2D eigenvalue weighted by molar-refractivity contribution is 6.42. The predicted molar refractivity (Wildman–Crippen MR) is 154 cm³/mol. The van der Waals surface area contributed by atoms with Gasteiger partial charge in [-0.25, -0.2) is 4.79 Å². The van der Waals surface area contributed by atoms with Crippen molar-refractivity contribution in [2.24, 2.45) is 0 Å². The maximum Gasteiger partial charge on any atom is 0.328 e. The monoisotopic (exact) mass is 583 g/mol. The van der Waals surface area contributed by atoms with E-state index in [0.29, 0.717) is 34.0 Å². The molecule has 0 amide bonds. The number of aliphatic carboxylic acids is 1. The summed E-state index contributed by atoms with van der Waals surface area (Å²) in [4.78, 5) is 25.6. The maximum absolute atomic E-state index is 14.5. The summed E-state index contributed by atoms with van der Waals surface area (Å²) >= 11 is 19.3. The molecular weight excluding hydrogens is 561 g/mol. The summed E-state index contributed by atoms with van der Waals surface area (Å²) in [5.74, 6) is -1.04. The van der Waals surface area contributed by atoms with Crippen molar-refractivity contribution in [2.75, 3.05) is 6.54 Å². The van der Waals surface area contributed by atoms with Crippen LogP contribution in [-0.2, 0) is 10.3 Å². The van der Waals surface area contributed by atoms with E-state index in [1.165, 1.54) is 22.8 Å². The van der Waals surface area contributed by atoms with E-state index in [1.807, 2.05) is 13.0 Å². The Morgan fingerprint density at radius 3 is 2.56 bits per heavy atom. The molecule has 0 unspecified atom stereocenters. The first-order valence-corrected chi connectivity index (χ1v) is 13.4. The standard InChI is InChI=1S/C29H24Cl3N3O4/c1-3-12-33-29(10-5-11-29)27-25(26(34-39-27)24-19(31)13-18(30)14-20(24)32)28(38)35-15-16(2)23-17(8-9-22(36)37)6-4-7-21(23)35/h3-4,6-9,13-15,33H,1,5,10-12H2,2H3,(H,36,37)/b9-8+. The molecule has 1 fully saturated rings. The summed E-state index contributed by atoms with van der Waals surface area (Å²) in [7, 11) is 0. The third kappa shape index (κ3) is 4.80. The van der Waals surface area contributed by atoms with Crippen molar-refractivity contribution < 1.29 is 19.2 Å². The minimum absolute atomic E-state index is 0.217. The van der Waals surface area contributed by atoms with Crippen LogP contribution in [0.4, 0.5) is 0 Å². The number of nitrogens with zero attached hydrogens (tertiary/aromatic N) is 2. The Bertz CT molecular complexity index is 1640. The minimum atomic E-state index is -1.06. The Hall–Kier alpha value is -3.36. The van der Waals surface area contributed by atoms with Crippen LogP contribution in [0, 0.1) is 6.92 Å². The van der Waals surface area contributed by atoms with Crippen molar-refractivity contribution >= 4 is 63.7 Å². The Labute approximate surface area is 239 Å². The SMILES string of the molecule is C=CCNC1(c2onc(-c3c(Cl)cc(Cl)cc3Cl)c2C(=O)n2cc(C)c3c(/C=C/C(=O)O)cccc32)CCC1. The lowest BCUT2D eigenvalue weighted by Crippen LogP contribution is -2.48. The largest absolute Gasteiger partial charge is 0.478 e. The van der Waals surface area contributed by atoms with Gasteiger partial charge in [0.25, 0.3) is 5.91 Å². The fourth-order valence-electron chi connectivity index (χ4n) is 5.14. The fraction of sp³-hybridized carbons (Fsp3) is 0.207. The number of carbonyl (C=O) groups is 2. The molecule has 1 aliphatic carbocycles. The summed E-state index contributed by atoms with van der Waals surface area (Å²) in [6.45, 7) is 6.18. The number of hydrogen-bond donors (Lipinski definition) is 2. The smallest absolute Gasteiger partial charge is 0.328 e. The fourth-order valence-corrected chi connectivity index (χ4v) is 6.14. The predicted octanol–water partition coefficient (Wildman–Crippen LogP) is 7.51. The molecule has 1 aliphatic rings. The van der Waals surface area contributed by atoms with Gasteiger partial charge in [-0.3, -0.25) is 9.36 Å². The molecule has 5 rings (SSSR count). The van der Waals surface area contributed by atoms with Crippen LogP contribution >= 0.6 is 34.8 Å². The van der Waals surface area contributed by atoms with E-state index in [-0.39, 0.29) is 27.2 Å². The van der Waals surface area contributed by atoms with Crippen LogP contribution in [0.5, 0.6) is 0 Å². The second kappa shape index (κ2) is 10.7. The zero-order valence-corrected chi connectivity index (χ0v) is 23.2. The highest BCUT2D eigenvalue weighted by Gasteiger charge is 2.46. The highest BCUT2D eigenvalue weighted by Crippen LogP contribution is 2.47. The highest BCUT2D eigenvalue weighted by atomic mass is 35.5. The topological polar surface area (TPSA) is 97.4 Å². The summed E-state index contributed by atoms with van der Waals surface area (Å²) in [6, 6.07) is 8.46. The molecule has 10 heteroatoms. The normalized spacial score (nSPS) is 14.6. The van der Waals surface area contributed by atoms with Gasteiger partial charge < -0.3 is 14.9 Å². The molecule has 200 valence electrons. The molecule has 0 atom stereocenters. The molecular formula is C29H24Cl3N3O4. The van der Waals surface area contributed by atoms with Gasteiger partial charge in [-0.15, -0.1) is 6.58 Å². The summed E-state index contributed by atoms with van der Waals surface area (Å²) in [6.07, 6.45) is 8.49. The van der Waals surface area contributed by atoms with Crippen LogP contribution in [0.1, 0.15) is 46.5 Å². The van der Waals surface area contributed by atoms with E-state index in [9.17, 15) is 9.59 Å². The molecule has 1 saturated carbocycles. The number of carboxylic acids is 1. The van der Waals surface area contributed by atoms with Crippen LogP contribution in [0.25, 0.3) is 28.2 Å². The molecule has 2 aromatic heterocycles. The quantitative estimate of drug-likeness (QED) is 0.164. The summed E-state index contributed by atoms with van der Waals surface area (Å²) in [5.41, 5.74) is 2.28. The van der Waals surface area contributed by atoms with Gasteiger partial charge in [0.1, 0.15) is 11.3 Å². The van der Waals surface area contributed by atoms with Gasteiger partial charge in [0.05, 0.1) is 21.1 Å². The first kappa shape index (κ1) is 27.2. The van der Waals surface area contributed by atoms with E-state index in [0.717, 1.165) is 36.3 Å². The van der Waals surface area contributed by atoms with Crippen LogP contribution in [-0.4, -0.2) is 33.3 Å². The van der Waals surface area contributed by atoms with Crippen molar-refractivity contribution in [3.63, 3.8) is 0 Å². The average molecular weight is 585 g/mol. The maximum atomic E-state index is 14.5. The van der Waals surface area contributed by atoms with Gasteiger partial charge in [0.15, 0.2) is 5.76 Å². The van der Waals surface area contributed by atoms with Gasteiger partial charge in [-0.05, 0) is 61.6 Å². The third-order valence-electron chi connectivity index (χ3n) is 7.05. The van der Waals surface area contributed by atoms with Crippen molar-refractivity contribution in [3.05, 3.63) is 92.8 Å². The van der Waals surface area contributed by atoms with Crippen molar-refractivity contribution in [3.8, 4) is 11.3 Å². The molecule has 0 saturated heterocycles. The zero-order chi connectivity index (χ0) is 27.9. The number of carbonyl (C=O) groups excluding carboxylic acids is 1. The average Bonchev–Trinajstić information content (AvgIpc) is 3.43. The number of nitrogens with one attached hydrogen (secondary N) is 1. The molecule has 0 bridgehead atoms. The van der Waals surface area contributed by atoms with Crippen LogP contribution in [0.2, 0.25) is 15.1 Å². The Balaban J connectivity index is 1.75. The van der Waals surface area contributed by atoms with Crippen LogP contribution in [0.15, 0.2) is 59.8 Å². The molecule has 7 nitrogen and oxygen atoms in total. The van der Waals surface area contributed by atoms with E-state index >= 15 is 0 Å². The summed E-state index contributed by atoms with van der Waals surface area (Å²) < 4.78 is 7.46. The zero-order valence-electron chi connectivity index (χ0n) is 20.9. The third-order valence-corrected chi connectivity index (χ3v) is 7.87. The molecule has 0 spiro atoms. The molecule has 0 aliphatic heterocycles. The molecule has 2 N–H and O–H groups in total. The number of hydrogen-bond acceptors (Lipinski definition) is 5. The van der Waals surface area contributed by atoms with Gasteiger partial charge in [-0.1, -0.05) is 58.2 Å². The van der Waals surface area contributed by atoms with E-state index in [4.69, 9.17) is 44.4 Å². The molecule has 39 heavy (non-hydrogen) atoms.